The Bertz CT molecular complexity index is 452. The van der Waals surface area contributed by atoms with E-state index in [0.717, 1.165) is 12.2 Å². The van der Waals surface area contributed by atoms with Gasteiger partial charge in [-0.25, -0.2) is 9.59 Å². The highest BCUT2D eigenvalue weighted by molar-refractivity contribution is 5.84. The van der Waals surface area contributed by atoms with E-state index in [4.69, 9.17) is 14.6 Å². The molecule has 0 unspecified atom stereocenters. The molecule has 24 heavy (non-hydrogen) atoms. The number of allylic oxidation sites excluding steroid dienone is 6. The zero-order chi connectivity index (χ0) is 18.3. The summed E-state index contributed by atoms with van der Waals surface area (Å²) < 4.78 is 9.76. The van der Waals surface area contributed by atoms with Crippen molar-refractivity contribution in [3.63, 3.8) is 0 Å². The number of aliphatic hydroxyl groups excluding tert-OH is 1. The molecule has 0 aliphatic rings. The van der Waals surface area contributed by atoms with Gasteiger partial charge in [0.2, 0.25) is 0 Å². The maximum absolute atomic E-state index is 11.7. The van der Waals surface area contributed by atoms with Crippen molar-refractivity contribution in [2.45, 2.75) is 45.5 Å². The smallest absolute Gasteiger partial charge is 0.373 e. The van der Waals surface area contributed by atoms with Crippen LogP contribution in [0.15, 0.2) is 48.6 Å². The molecule has 6 nitrogen and oxygen atoms in total. The van der Waals surface area contributed by atoms with Crippen molar-refractivity contribution in [3.8, 4) is 0 Å². The van der Waals surface area contributed by atoms with Crippen LogP contribution in [0.25, 0.3) is 0 Å². The first-order chi connectivity index (χ1) is 11.5. The van der Waals surface area contributed by atoms with Crippen molar-refractivity contribution in [1.29, 1.82) is 0 Å². The molecule has 0 aromatic carbocycles. The number of rotatable bonds is 11. The van der Waals surface area contributed by atoms with E-state index in [1.165, 1.54) is 12.2 Å². The summed E-state index contributed by atoms with van der Waals surface area (Å²) in [5, 5.41) is 19.1. The molecule has 0 aromatic rings. The van der Waals surface area contributed by atoms with Gasteiger partial charge in [-0.1, -0.05) is 42.9 Å². The number of esters is 2. The van der Waals surface area contributed by atoms with E-state index >= 15 is 0 Å². The molecule has 0 rings (SSSR count). The minimum Gasteiger partial charge on any atom is -0.396 e. The lowest BCUT2D eigenvalue weighted by Crippen LogP contribution is -2.39. The van der Waals surface area contributed by atoms with Crippen LogP contribution in [0.4, 0.5) is 0 Å². The Labute approximate surface area is 142 Å². The molecule has 0 saturated heterocycles. The van der Waals surface area contributed by atoms with Crippen LogP contribution in [0.3, 0.4) is 0 Å². The van der Waals surface area contributed by atoms with E-state index in [0.29, 0.717) is 19.3 Å². The fraction of sp³-hybridized carbons (Fsp3) is 0.444. The molecule has 0 aliphatic carbocycles. The highest BCUT2D eigenvalue weighted by atomic mass is 16.8. The highest BCUT2D eigenvalue weighted by Gasteiger charge is 2.34. The number of hydrogen-bond acceptors (Lipinski definition) is 6. The van der Waals surface area contributed by atoms with Gasteiger partial charge in [-0.05, 0) is 26.7 Å². The second-order valence-corrected chi connectivity index (χ2v) is 4.86. The largest absolute Gasteiger partial charge is 0.396 e. The maximum Gasteiger partial charge on any atom is 0.373 e. The maximum atomic E-state index is 11.7. The Morgan fingerprint density at radius 2 is 1.38 bits per heavy atom. The molecule has 0 amide bonds. The Hall–Kier alpha value is -2.18. The van der Waals surface area contributed by atoms with Crippen molar-refractivity contribution in [3.05, 3.63) is 48.6 Å². The second-order valence-electron chi connectivity index (χ2n) is 4.86. The first kappa shape index (κ1) is 21.8. The lowest BCUT2D eigenvalue weighted by molar-refractivity contribution is -0.324. The predicted octanol–water partition coefficient (Wildman–Crippen LogP) is 2.54. The van der Waals surface area contributed by atoms with E-state index < -0.39 is 17.9 Å². The molecule has 2 N–H and O–H groups in total. The molecule has 134 valence electrons. The van der Waals surface area contributed by atoms with Gasteiger partial charge < -0.3 is 19.7 Å². The van der Waals surface area contributed by atoms with Crippen LogP contribution < -0.4 is 0 Å². The van der Waals surface area contributed by atoms with Crippen LogP contribution in [0.2, 0.25) is 0 Å². The Balaban J connectivity index is 4.85. The fourth-order valence-corrected chi connectivity index (χ4v) is 1.63. The van der Waals surface area contributed by atoms with Crippen LogP contribution >= 0.6 is 0 Å². The van der Waals surface area contributed by atoms with Gasteiger partial charge in [-0.2, -0.15) is 0 Å². The molecule has 0 radical (unpaired) electrons. The van der Waals surface area contributed by atoms with Gasteiger partial charge in [0, 0.05) is 18.8 Å². The summed E-state index contributed by atoms with van der Waals surface area (Å²) in [5.74, 6) is -4.00. The third kappa shape index (κ3) is 11.4. The van der Waals surface area contributed by atoms with Crippen molar-refractivity contribution < 1.29 is 29.3 Å². The average Bonchev–Trinajstić information content (AvgIpc) is 2.52. The molecule has 0 heterocycles. The third-order valence-corrected chi connectivity index (χ3v) is 2.74. The topological polar surface area (TPSA) is 93.1 Å². The van der Waals surface area contributed by atoms with Crippen LogP contribution in [0, 0.1) is 0 Å². The molecule has 0 atom stereocenters. The molecule has 6 heteroatoms. The number of carbonyl (C=O) groups is 2. The van der Waals surface area contributed by atoms with Gasteiger partial charge in [0.05, 0.1) is 6.42 Å². The molecule has 0 fully saturated rings. The number of aliphatic hydroxyl groups is 2. The van der Waals surface area contributed by atoms with E-state index in [1.807, 2.05) is 0 Å². The summed E-state index contributed by atoms with van der Waals surface area (Å²) in [6.45, 7) is 3.59. The van der Waals surface area contributed by atoms with Crippen molar-refractivity contribution in [2.75, 3.05) is 6.61 Å². The van der Waals surface area contributed by atoms with E-state index in [1.54, 1.807) is 38.2 Å². The van der Waals surface area contributed by atoms with Crippen molar-refractivity contribution in [1.82, 2.24) is 0 Å². The van der Waals surface area contributed by atoms with E-state index in [2.05, 4.69) is 0 Å². The summed E-state index contributed by atoms with van der Waals surface area (Å²) >= 11 is 0. The monoisotopic (exact) mass is 338 g/mol. The summed E-state index contributed by atoms with van der Waals surface area (Å²) in [6.07, 6.45) is 13.3. The van der Waals surface area contributed by atoms with Gasteiger partial charge >= 0.3 is 17.9 Å². The molecule has 0 aliphatic heterocycles. The normalized spacial score (nSPS) is 12.7. The Morgan fingerprint density at radius 1 is 0.875 bits per heavy atom. The molecule has 0 saturated carbocycles. The third-order valence-electron chi connectivity index (χ3n) is 2.74. The van der Waals surface area contributed by atoms with Crippen LogP contribution in [-0.4, -0.2) is 34.7 Å². The molecular weight excluding hydrogens is 312 g/mol. The minimum absolute atomic E-state index is 0.0240. The Kier molecular flexibility index (Phi) is 12.1. The summed E-state index contributed by atoms with van der Waals surface area (Å²) in [6, 6.07) is 0. The van der Waals surface area contributed by atoms with Gasteiger partial charge in [-0.15, -0.1) is 0 Å². The molecular formula is C18H26O6. The van der Waals surface area contributed by atoms with Crippen molar-refractivity contribution in [2.24, 2.45) is 0 Å². The quantitative estimate of drug-likeness (QED) is 0.198. The molecule has 0 spiro atoms. The van der Waals surface area contributed by atoms with Gasteiger partial charge in [0.1, 0.15) is 0 Å². The summed E-state index contributed by atoms with van der Waals surface area (Å²) in [5.41, 5.74) is 0. The van der Waals surface area contributed by atoms with Crippen LogP contribution in [0.5, 0.6) is 0 Å². The zero-order valence-electron chi connectivity index (χ0n) is 14.2. The highest BCUT2D eigenvalue weighted by Crippen LogP contribution is 2.20. The molecule has 0 aromatic heterocycles. The number of unbranched alkanes of at least 4 members (excludes halogenated alkanes) is 2. The number of ether oxygens (including phenoxy) is 2. The van der Waals surface area contributed by atoms with E-state index in [9.17, 15) is 14.7 Å². The predicted molar refractivity (Wildman–Crippen MR) is 90.6 cm³/mol. The summed E-state index contributed by atoms with van der Waals surface area (Å²) in [7, 11) is 0. The van der Waals surface area contributed by atoms with Crippen LogP contribution in [-0.2, 0) is 19.1 Å². The average molecular weight is 338 g/mol. The lowest BCUT2D eigenvalue weighted by Gasteiger charge is -2.25. The fourth-order valence-electron chi connectivity index (χ4n) is 1.63. The SMILES string of the molecule is C/C=C/C=C/C(=O)OC(O)(CCCCCO)OC(=O)/C=C/C=C/C. The summed E-state index contributed by atoms with van der Waals surface area (Å²) in [4.78, 5) is 23.4. The minimum atomic E-state index is -2.34. The zero-order valence-corrected chi connectivity index (χ0v) is 14.2. The first-order valence-electron chi connectivity index (χ1n) is 7.85. The van der Waals surface area contributed by atoms with E-state index in [-0.39, 0.29) is 13.0 Å². The first-order valence-corrected chi connectivity index (χ1v) is 7.85. The van der Waals surface area contributed by atoms with Crippen LogP contribution in [0.1, 0.15) is 39.5 Å². The standard InChI is InChI=1S/C18H26O6/c1-3-5-8-12-16(20)23-18(22,14-10-7-11-15-19)24-17(21)13-9-6-4-2/h3-6,8-9,12-13,19,22H,7,10-11,14-15H2,1-2H3/b5-3+,6-4+,12-8+,13-9+. The van der Waals surface area contributed by atoms with Gasteiger partial charge in [0.25, 0.3) is 0 Å². The van der Waals surface area contributed by atoms with Gasteiger partial charge in [-0.3, -0.25) is 0 Å². The second kappa shape index (κ2) is 13.3. The number of hydrogen-bond donors (Lipinski definition) is 2. The number of carbonyl (C=O) groups excluding carboxylic acids is 2. The van der Waals surface area contributed by atoms with Gasteiger partial charge in [0.15, 0.2) is 0 Å². The van der Waals surface area contributed by atoms with Crippen molar-refractivity contribution >= 4 is 11.9 Å². The Morgan fingerprint density at radius 3 is 1.79 bits per heavy atom. The lowest BCUT2D eigenvalue weighted by atomic mass is 10.2. The molecule has 0 bridgehead atoms.